The Morgan fingerprint density at radius 1 is 1.14 bits per heavy atom. The van der Waals surface area contributed by atoms with Gasteiger partial charge in [0.2, 0.25) is 5.91 Å². The molecule has 3 rings (SSSR count). The molecule has 0 aliphatic carbocycles. The lowest BCUT2D eigenvalue weighted by molar-refractivity contribution is -0.119. The van der Waals surface area contributed by atoms with Crippen molar-refractivity contribution in [3.8, 4) is 22.1 Å². The lowest BCUT2D eigenvalue weighted by Crippen LogP contribution is -2.20. The van der Waals surface area contributed by atoms with Gasteiger partial charge in [0.15, 0.2) is 23.2 Å². The summed E-state index contributed by atoms with van der Waals surface area (Å²) < 4.78 is 10.7. The van der Waals surface area contributed by atoms with E-state index >= 15 is 0 Å². The summed E-state index contributed by atoms with van der Waals surface area (Å²) in [5.41, 5.74) is 0.782. The number of para-hydroxylation sites is 2. The molecular formula is C19H19N3O4S2. The molecule has 3 aromatic rings. The minimum absolute atomic E-state index is 0.0658. The van der Waals surface area contributed by atoms with Gasteiger partial charge in [-0.15, -0.1) is 22.7 Å². The second kappa shape index (κ2) is 9.34. The van der Waals surface area contributed by atoms with Crippen LogP contribution in [-0.4, -0.2) is 30.5 Å². The van der Waals surface area contributed by atoms with Gasteiger partial charge < -0.3 is 14.8 Å². The van der Waals surface area contributed by atoms with Crippen LogP contribution in [0, 0.1) is 0 Å². The van der Waals surface area contributed by atoms with Crippen LogP contribution in [0.5, 0.6) is 11.5 Å². The number of anilines is 1. The largest absolute Gasteiger partial charge is 0.493 e. The van der Waals surface area contributed by atoms with E-state index in [-0.39, 0.29) is 18.4 Å². The van der Waals surface area contributed by atoms with Crippen LogP contribution >= 0.6 is 22.7 Å². The van der Waals surface area contributed by atoms with Crippen molar-refractivity contribution in [2.75, 3.05) is 19.0 Å². The third-order valence-electron chi connectivity index (χ3n) is 3.60. The second-order valence-corrected chi connectivity index (χ2v) is 7.73. The summed E-state index contributed by atoms with van der Waals surface area (Å²) in [6, 6.07) is 11.0. The van der Waals surface area contributed by atoms with Crippen molar-refractivity contribution in [1.82, 2.24) is 10.3 Å². The number of benzene rings is 1. The average Bonchev–Trinajstić information content (AvgIpc) is 3.34. The Morgan fingerprint density at radius 3 is 2.68 bits per heavy atom. The van der Waals surface area contributed by atoms with Crippen molar-refractivity contribution >= 4 is 39.6 Å². The zero-order chi connectivity index (χ0) is 19.9. The molecule has 2 N–H and O–H groups in total. The van der Waals surface area contributed by atoms with Gasteiger partial charge in [0, 0.05) is 17.2 Å². The molecule has 9 heteroatoms. The van der Waals surface area contributed by atoms with Gasteiger partial charge in [-0.3, -0.25) is 14.9 Å². The summed E-state index contributed by atoms with van der Waals surface area (Å²) in [5, 5.41) is 7.88. The number of ether oxygens (including phenoxy) is 2. The van der Waals surface area contributed by atoms with Gasteiger partial charge in [0.1, 0.15) is 0 Å². The van der Waals surface area contributed by atoms with Crippen molar-refractivity contribution < 1.29 is 19.1 Å². The third-order valence-corrected chi connectivity index (χ3v) is 5.47. The van der Waals surface area contributed by atoms with Gasteiger partial charge in [0.25, 0.3) is 5.91 Å². The van der Waals surface area contributed by atoms with Crippen LogP contribution in [0.4, 0.5) is 5.13 Å². The van der Waals surface area contributed by atoms with Crippen LogP contribution in [0.25, 0.3) is 10.6 Å². The van der Waals surface area contributed by atoms with Gasteiger partial charge in [-0.25, -0.2) is 4.98 Å². The number of carbonyl (C=O) groups excluding carboxylic acids is 2. The number of thiophene rings is 1. The Labute approximate surface area is 170 Å². The molecule has 0 saturated heterocycles. The van der Waals surface area contributed by atoms with Gasteiger partial charge >= 0.3 is 0 Å². The predicted molar refractivity (Wildman–Crippen MR) is 110 cm³/mol. The second-order valence-electron chi connectivity index (χ2n) is 5.70. The number of methoxy groups -OCH3 is 1. The number of nitrogens with one attached hydrogen (secondary N) is 2. The molecule has 1 aromatic carbocycles. The highest BCUT2D eigenvalue weighted by Crippen LogP contribution is 2.31. The number of hydrogen-bond donors (Lipinski definition) is 2. The van der Waals surface area contributed by atoms with Crippen LogP contribution in [0.1, 0.15) is 11.8 Å². The number of thiazole rings is 1. The van der Waals surface area contributed by atoms with Crippen LogP contribution in [0.2, 0.25) is 0 Å². The Morgan fingerprint density at radius 2 is 1.93 bits per heavy atom. The van der Waals surface area contributed by atoms with Gasteiger partial charge in [-0.1, -0.05) is 12.1 Å². The van der Waals surface area contributed by atoms with Crippen molar-refractivity contribution in [3.63, 3.8) is 0 Å². The first-order valence-corrected chi connectivity index (χ1v) is 10.1. The van der Waals surface area contributed by atoms with Gasteiger partial charge in [0.05, 0.1) is 24.2 Å². The Kier molecular flexibility index (Phi) is 6.62. The quantitative estimate of drug-likeness (QED) is 0.585. The van der Waals surface area contributed by atoms with Crippen LogP contribution < -0.4 is 20.1 Å². The molecule has 0 atom stereocenters. The van der Waals surface area contributed by atoms with Crippen molar-refractivity contribution in [3.05, 3.63) is 46.7 Å². The van der Waals surface area contributed by atoms with E-state index in [0.29, 0.717) is 23.2 Å². The number of hydrogen-bond acceptors (Lipinski definition) is 7. The predicted octanol–water partition coefficient (Wildman–Crippen LogP) is 3.53. The maximum atomic E-state index is 12.1. The Bertz CT molecular complexity index is 968. The van der Waals surface area contributed by atoms with E-state index in [2.05, 4.69) is 15.6 Å². The molecular weight excluding hydrogens is 398 g/mol. The summed E-state index contributed by atoms with van der Waals surface area (Å²) in [4.78, 5) is 29.6. The molecule has 0 spiro atoms. The summed E-state index contributed by atoms with van der Waals surface area (Å²) >= 11 is 2.89. The lowest BCUT2D eigenvalue weighted by atomic mass is 10.3. The Balaban J connectivity index is 1.55. The van der Waals surface area contributed by atoms with E-state index in [4.69, 9.17) is 9.47 Å². The molecule has 0 aliphatic rings. The van der Waals surface area contributed by atoms with E-state index in [1.165, 1.54) is 18.3 Å². The molecule has 146 valence electrons. The maximum Gasteiger partial charge on any atom is 0.264 e. The first-order valence-electron chi connectivity index (χ1n) is 8.40. The number of aromatic nitrogens is 1. The summed E-state index contributed by atoms with van der Waals surface area (Å²) in [6.45, 7) is 1.84. The fourth-order valence-corrected chi connectivity index (χ4v) is 4.01. The lowest BCUT2D eigenvalue weighted by Gasteiger charge is -2.09. The maximum absolute atomic E-state index is 12.1. The zero-order valence-corrected chi connectivity index (χ0v) is 17.0. The van der Waals surface area contributed by atoms with Crippen molar-refractivity contribution in [2.45, 2.75) is 13.5 Å². The van der Waals surface area contributed by atoms with E-state index in [1.54, 1.807) is 30.6 Å². The number of rotatable bonds is 8. The standard InChI is InChI=1S/C19H19N3O4S2/c1-12(23)20-9-13-7-8-17(28-13)14-11-27-19(21-14)22-18(24)10-26-16-6-4-3-5-15(16)25-2/h3-8,11H,9-10H2,1-2H3,(H,20,23)(H,21,22,24). The molecule has 2 amide bonds. The van der Waals surface area contributed by atoms with E-state index in [9.17, 15) is 9.59 Å². The molecule has 0 bridgehead atoms. The van der Waals surface area contributed by atoms with E-state index in [0.717, 1.165) is 15.4 Å². The first kappa shape index (κ1) is 19.8. The van der Waals surface area contributed by atoms with Crippen molar-refractivity contribution in [1.29, 1.82) is 0 Å². The number of carbonyl (C=O) groups is 2. The highest BCUT2D eigenvalue weighted by atomic mass is 32.1. The van der Waals surface area contributed by atoms with Crippen LogP contribution in [-0.2, 0) is 16.1 Å². The number of amides is 2. The summed E-state index contributed by atoms with van der Waals surface area (Å²) in [6.07, 6.45) is 0. The SMILES string of the molecule is COc1ccccc1OCC(=O)Nc1nc(-c2ccc(CNC(C)=O)s2)cs1. The molecule has 0 fully saturated rings. The molecule has 28 heavy (non-hydrogen) atoms. The highest BCUT2D eigenvalue weighted by molar-refractivity contribution is 7.17. The fraction of sp³-hybridized carbons (Fsp3) is 0.211. The molecule has 7 nitrogen and oxygen atoms in total. The summed E-state index contributed by atoms with van der Waals surface area (Å²) in [7, 11) is 1.55. The Hall–Kier alpha value is -2.91. The molecule has 0 aliphatic heterocycles. The van der Waals surface area contributed by atoms with Crippen LogP contribution in [0.3, 0.4) is 0 Å². The van der Waals surface area contributed by atoms with Crippen LogP contribution in [0.15, 0.2) is 41.8 Å². The summed E-state index contributed by atoms with van der Waals surface area (Å²) in [5.74, 6) is 0.707. The minimum atomic E-state index is -0.302. The topological polar surface area (TPSA) is 89.6 Å². The third kappa shape index (κ3) is 5.30. The molecule has 2 heterocycles. The van der Waals surface area contributed by atoms with E-state index in [1.807, 2.05) is 29.6 Å². The molecule has 0 radical (unpaired) electrons. The molecule has 0 saturated carbocycles. The van der Waals surface area contributed by atoms with E-state index < -0.39 is 0 Å². The monoisotopic (exact) mass is 417 g/mol. The first-order chi connectivity index (χ1) is 13.5. The fourth-order valence-electron chi connectivity index (χ4n) is 2.30. The smallest absolute Gasteiger partial charge is 0.264 e. The number of nitrogens with zero attached hydrogens (tertiary/aromatic N) is 1. The van der Waals surface area contributed by atoms with Gasteiger partial charge in [-0.2, -0.15) is 0 Å². The van der Waals surface area contributed by atoms with Gasteiger partial charge in [-0.05, 0) is 24.3 Å². The minimum Gasteiger partial charge on any atom is -0.493 e. The average molecular weight is 418 g/mol. The molecule has 0 unspecified atom stereocenters. The zero-order valence-electron chi connectivity index (χ0n) is 15.4. The van der Waals surface area contributed by atoms with Crippen molar-refractivity contribution in [2.24, 2.45) is 0 Å². The normalized spacial score (nSPS) is 10.4. The highest BCUT2D eigenvalue weighted by Gasteiger charge is 2.12. The molecule has 2 aromatic heterocycles.